The Morgan fingerprint density at radius 2 is 1.84 bits per heavy atom. The molecule has 0 aliphatic heterocycles. The van der Waals surface area contributed by atoms with Gasteiger partial charge in [-0.05, 0) is 66.8 Å². The molecule has 0 radical (unpaired) electrons. The highest BCUT2D eigenvalue weighted by molar-refractivity contribution is 6.09. The number of hydrogen-bond donors (Lipinski definition) is 0. The van der Waals surface area contributed by atoms with Crippen LogP contribution in [0.15, 0.2) is 54.9 Å². The highest BCUT2D eigenvalue weighted by Gasteiger charge is 2.26. The lowest BCUT2D eigenvalue weighted by Gasteiger charge is -2.19. The number of nitrogens with zero attached hydrogens (tertiary/aromatic N) is 4. The van der Waals surface area contributed by atoms with Gasteiger partial charge in [0.15, 0.2) is 11.5 Å². The third kappa shape index (κ3) is 3.26. The Kier molecular flexibility index (Phi) is 5.01. The first kappa shape index (κ1) is 20.1. The lowest BCUT2D eigenvalue weighted by molar-refractivity contribution is 0.0988. The summed E-state index contributed by atoms with van der Waals surface area (Å²) in [5, 5.41) is 0. The van der Waals surface area contributed by atoms with Crippen LogP contribution in [0.5, 0.6) is 11.5 Å². The first-order valence-corrected chi connectivity index (χ1v) is 10.6. The predicted octanol–water partition coefficient (Wildman–Crippen LogP) is 4.18. The van der Waals surface area contributed by atoms with E-state index in [0.717, 1.165) is 24.1 Å². The topological polar surface area (TPSA) is 69.0 Å². The largest absolute Gasteiger partial charge is 0.493 e. The summed E-state index contributed by atoms with van der Waals surface area (Å²) in [5.41, 5.74) is 5.30. The maximum Gasteiger partial charge on any atom is 0.277 e. The summed E-state index contributed by atoms with van der Waals surface area (Å²) in [6.45, 7) is 0. The number of carbonyl (C=O) groups is 1. The Bertz CT molecular complexity index is 1330. The summed E-state index contributed by atoms with van der Waals surface area (Å²) in [5.74, 6) is 1.48. The zero-order valence-electron chi connectivity index (χ0n) is 18.3. The number of benzene rings is 2. The van der Waals surface area contributed by atoms with E-state index in [9.17, 15) is 4.79 Å². The van der Waals surface area contributed by atoms with Crippen molar-refractivity contribution < 1.29 is 14.3 Å². The third-order valence-corrected chi connectivity index (χ3v) is 6.04. The number of aromatic nitrogens is 3. The SMILES string of the molecule is COc1ccc(-c2nc3ncccn3c2C(=O)N(C)c2ccc3c(c2)CCC3)cc1OC. The van der Waals surface area contributed by atoms with Gasteiger partial charge in [-0.25, -0.2) is 9.97 Å². The van der Waals surface area contributed by atoms with Gasteiger partial charge in [-0.15, -0.1) is 0 Å². The normalized spacial score (nSPS) is 12.6. The van der Waals surface area contributed by atoms with E-state index in [1.54, 1.807) is 42.8 Å². The van der Waals surface area contributed by atoms with Gasteiger partial charge in [0.1, 0.15) is 11.4 Å². The van der Waals surface area contributed by atoms with Crippen molar-refractivity contribution in [3.63, 3.8) is 0 Å². The van der Waals surface area contributed by atoms with Crippen molar-refractivity contribution in [2.75, 3.05) is 26.2 Å². The highest BCUT2D eigenvalue weighted by atomic mass is 16.5. The highest BCUT2D eigenvalue weighted by Crippen LogP contribution is 2.34. The summed E-state index contributed by atoms with van der Waals surface area (Å²) in [7, 11) is 4.97. The van der Waals surface area contributed by atoms with Gasteiger partial charge in [0.25, 0.3) is 5.91 Å². The fourth-order valence-electron chi connectivity index (χ4n) is 4.32. The van der Waals surface area contributed by atoms with Crippen LogP contribution in [0, 0.1) is 0 Å². The molecule has 0 unspecified atom stereocenters. The van der Waals surface area contributed by atoms with Crippen molar-refractivity contribution in [2.45, 2.75) is 19.3 Å². The molecular weight excluding hydrogens is 404 g/mol. The van der Waals surface area contributed by atoms with Crippen LogP contribution in [0.3, 0.4) is 0 Å². The summed E-state index contributed by atoms with van der Waals surface area (Å²) >= 11 is 0. The van der Waals surface area contributed by atoms with E-state index in [0.29, 0.717) is 28.7 Å². The third-order valence-electron chi connectivity index (χ3n) is 6.04. The summed E-state index contributed by atoms with van der Waals surface area (Å²) in [6.07, 6.45) is 6.80. The van der Waals surface area contributed by atoms with Crippen LogP contribution < -0.4 is 14.4 Å². The zero-order chi connectivity index (χ0) is 22.2. The van der Waals surface area contributed by atoms with Crippen LogP contribution in [0.25, 0.3) is 17.0 Å². The second kappa shape index (κ2) is 8.00. The number of anilines is 1. The molecule has 0 saturated heterocycles. The Morgan fingerprint density at radius 3 is 2.66 bits per heavy atom. The van der Waals surface area contributed by atoms with Gasteiger partial charge in [-0.1, -0.05) is 6.07 Å². The number of ether oxygens (including phenoxy) is 2. The molecule has 0 atom stereocenters. The van der Waals surface area contributed by atoms with Crippen molar-refractivity contribution in [2.24, 2.45) is 0 Å². The van der Waals surface area contributed by atoms with E-state index >= 15 is 0 Å². The fraction of sp³-hybridized carbons (Fsp3) is 0.240. The van der Waals surface area contributed by atoms with Crippen LogP contribution in [-0.4, -0.2) is 41.5 Å². The molecule has 2 heterocycles. The van der Waals surface area contributed by atoms with Crippen molar-refractivity contribution >= 4 is 17.4 Å². The van der Waals surface area contributed by atoms with Crippen molar-refractivity contribution in [3.05, 3.63) is 71.7 Å². The minimum Gasteiger partial charge on any atom is -0.493 e. The zero-order valence-corrected chi connectivity index (χ0v) is 18.3. The summed E-state index contributed by atoms with van der Waals surface area (Å²) < 4.78 is 12.6. The lowest BCUT2D eigenvalue weighted by atomic mass is 10.1. The fourth-order valence-corrected chi connectivity index (χ4v) is 4.32. The molecule has 2 aromatic heterocycles. The average molecular weight is 428 g/mol. The molecule has 4 aromatic rings. The van der Waals surface area contributed by atoms with E-state index in [2.05, 4.69) is 22.1 Å². The molecule has 2 aromatic carbocycles. The van der Waals surface area contributed by atoms with Gasteiger partial charge in [0.05, 0.1) is 14.2 Å². The summed E-state index contributed by atoms with van der Waals surface area (Å²) in [6, 6.07) is 13.6. The molecule has 1 aliphatic rings. The van der Waals surface area contributed by atoms with Gasteiger partial charge < -0.3 is 14.4 Å². The van der Waals surface area contributed by atoms with Gasteiger partial charge in [0, 0.05) is 30.7 Å². The van der Waals surface area contributed by atoms with Crippen LogP contribution in [0.4, 0.5) is 5.69 Å². The van der Waals surface area contributed by atoms with E-state index < -0.39 is 0 Å². The Balaban J connectivity index is 1.63. The molecule has 0 fully saturated rings. The van der Waals surface area contributed by atoms with E-state index in [1.807, 2.05) is 30.5 Å². The lowest BCUT2D eigenvalue weighted by Crippen LogP contribution is -2.28. The van der Waals surface area contributed by atoms with Gasteiger partial charge in [-0.2, -0.15) is 0 Å². The number of methoxy groups -OCH3 is 2. The molecule has 32 heavy (non-hydrogen) atoms. The summed E-state index contributed by atoms with van der Waals surface area (Å²) in [4.78, 5) is 24.5. The van der Waals surface area contributed by atoms with Crippen LogP contribution in [-0.2, 0) is 12.8 Å². The molecule has 0 N–H and O–H groups in total. The first-order chi connectivity index (χ1) is 15.6. The van der Waals surface area contributed by atoms with E-state index in [4.69, 9.17) is 9.47 Å². The minimum atomic E-state index is -0.159. The molecular formula is C25H24N4O3. The maximum absolute atomic E-state index is 13.8. The first-order valence-electron chi connectivity index (χ1n) is 10.6. The number of aryl methyl sites for hydroxylation is 2. The van der Waals surface area contributed by atoms with Gasteiger partial charge in [0.2, 0.25) is 5.78 Å². The number of hydrogen-bond acceptors (Lipinski definition) is 5. The molecule has 5 rings (SSSR count). The number of rotatable bonds is 5. The molecule has 7 nitrogen and oxygen atoms in total. The number of fused-ring (bicyclic) bond motifs is 2. The van der Waals surface area contributed by atoms with E-state index in [-0.39, 0.29) is 5.91 Å². The smallest absolute Gasteiger partial charge is 0.277 e. The van der Waals surface area contributed by atoms with Crippen LogP contribution in [0.1, 0.15) is 28.0 Å². The average Bonchev–Trinajstić information content (AvgIpc) is 3.46. The quantitative estimate of drug-likeness (QED) is 0.477. The number of amides is 1. The maximum atomic E-state index is 13.8. The predicted molar refractivity (Wildman–Crippen MR) is 123 cm³/mol. The van der Waals surface area contributed by atoms with E-state index in [1.165, 1.54) is 17.5 Å². The van der Waals surface area contributed by atoms with Crippen molar-refractivity contribution in [3.8, 4) is 22.8 Å². The molecule has 0 spiro atoms. The van der Waals surface area contributed by atoms with Crippen molar-refractivity contribution in [1.82, 2.24) is 14.4 Å². The molecule has 1 aliphatic carbocycles. The number of carbonyl (C=O) groups excluding carboxylic acids is 1. The number of imidazole rings is 1. The van der Waals surface area contributed by atoms with Crippen LogP contribution in [0.2, 0.25) is 0 Å². The molecule has 0 saturated carbocycles. The molecule has 162 valence electrons. The molecule has 1 amide bonds. The minimum absolute atomic E-state index is 0.159. The van der Waals surface area contributed by atoms with Gasteiger partial charge in [-0.3, -0.25) is 9.20 Å². The Morgan fingerprint density at radius 1 is 1.03 bits per heavy atom. The second-order valence-corrected chi connectivity index (χ2v) is 7.84. The molecule has 7 heteroatoms. The standard InChI is InChI=1S/C25H24N4O3/c1-28(19-10-8-16-6-4-7-17(16)14-19)24(30)23-22(27-25-26-12-5-13-29(23)25)18-9-11-20(31-2)21(15-18)32-3/h5,8-15H,4,6-7H2,1-3H3. The van der Waals surface area contributed by atoms with Gasteiger partial charge >= 0.3 is 0 Å². The molecule has 0 bridgehead atoms. The monoisotopic (exact) mass is 428 g/mol. The van der Waals surface area contributed by atoms with Crippen LogP contribution >= 0.6 is 0 Å². The second-order valence-electron chi connectivity index (χ2n) is 7.84. The Labute approximate surface area is 186 Å². The Hall–Kier alpha value is -3.87. The van der Waals surface area contributed by atoms with Crippen molar-refractivity contribution in [1.29, 1.82) is 0 Å².